The van der Waals surface area contributed by atoms with Crippen LogP contribution in [-0.2, 0) is 19.2 Å². The van der Waals surface area contributed by atoms with E-state index in [1.54, 1.807) is 4.90 Å². The van der Waals surface area contributed by atoms with E-state index in [4.69, 9.17) is 66.4 Å². The first kappa shape index (κ1) is 41.9. The molecule has 0 bridgehead atoms. The SMILES string of the molecule is CC(=O)O.CC(=O)O.CC(=O)O.CC(=O)O.NCCN.OCCN(CCO)CCO. The predicted molar refractivity (Wildman–Crippen MR) is 109 cm³/mol. The minimum absolute atomic E-state index is 0.0694. The van der Waals surface area contributed by atoms with Crippen molar-refractivity contribution in [1.29, 1.82) is 0 Å². The molecule has 0 unspecified atom stereocenters. The van der Waals surface area contributed by atoms with Crippen LogP contribution in [0.2, 0.25) is 0 Å². The Bertz CT molecular complexity index is 303. The number of carbonyl (C=O) groups is 4. The molecule has 0 aliphatic carbocycles. The normalized spacial score (nSPS) is 7.93. The molecule has 0 fully saturated rings. The van der Waals surface area contributed by atoms with Crippen molar-refractivity contribution < 1.29 is 54.9 Å². The summed E-state index contributed by atoms with van der Waals surface area (Å²) in [6, 6.07) is 0. The number of aliphatic carboxylic acids is 4. The van der Waals surface area contributed by atoms with Crippen LogP contribution in [0.25, 0.3) is 0 Å². The van der Waals surface area contributed by atoms with Crippen LogP contribution in [0.5, 0.6) is 0 Å². The van der Waals surface area contributed by atoms with Gasteiger partial charge in [0.05, 0.1) is 19.8 Å². The first-order valence-corrected chi connectivity index (χ1v) is 8.42. The molecule has 0 rings (SSSR count). The average molecular weight is 449 g/mol. The Balaban J connectivity index is -0.0000000616. The Morgan fingerprint density at radius 1 is 0.567 bits per heavy atom. The Kier molecular flexibility index (Phi) is 57.4. The standard InChI is InChI=1S/C6H15NO3.C2H8N2.4C2H4O2/c8-4-1-7(2-5-9)3-6-10;3-1-2-4;4*1-2(3)4/h8-10H,1-6H2;1-4H2;4*1H3,(H,3,4). The molecule has 0 aromatic heterocycles. The van der Waals surface area contributed by atoms with Crippen LogP contribution in [0.1, 0.15) is 27.7 Å². The van der Waals surface area contributed by atoms with Crippen LogP contribution < -0.4 is 11.5 Å². The average Bonchev–Trinajstić information content (AvgIpc) is 2.54. The van der Waals surface area contributed by atoms with Crippen LogP contribution in [0.15, 0.2) is 0 Å². The van der Waals surface area contributed by atoms with Crippen molar-refractivity contribution in [3.63, 3.8) is 0 Å². The largest absolute Gasteiger partial charge is 0.481 e. The lowest BCUT2D eigenvalue weighted by atomic mass is 10.4. The van der Waals surface area contributed by atoms with E-state index in [-0.39, 0.29) is 19.8 Å². The van der Waals surface area contributed by atoms with Crippen LogP contribution in [0.3, 0.4) is 0 Å². The zero-order valence-corrected chi connectivity index (χ0v) is 18.0. The number of nitrogens with two attached hydrogens (primary N) is 2. The van der Waals surface area contributed by atoms with E-state index >= 15 is 0 Å². The quantitative estimate of drug-likeness (QED) is 0.195. The van der Waals surface area contributed by atoms with Crippen LogP contribution in [0.4, 0.5) is 0 Å². The van der Waals surface area contributed by atoms with Gasteiger partial charge in [0.15, 0.2) is 0 Å². The first-order chi connectivity index (χ1) is 13.7. The van der Waals surface area contributed by atoms with Crippen molar-refractivity contribution in [2.24, 2.45) is 11.5 Å². The van der Waals surface area contributed by atoms with Gasteiger partial charge in [-0.2, -0.15) is 0 Å². The molecule has 0 heterocycles. The molecule has 0 saturated heterocycles. The summed E-state index contributed by atoms with van der Waals surface area (Å²) in [5.74, 6) is -3.33. The number of nitrogens with zero attached hydrogens (tertiary/aromatic N) is 1. The summed E-state index contributed by atoms with van der Waals surface area (Å²) in [7, 11) is 0. The maximum atomic E-state index is 9.00. The second-order valence-corrected chi connectivity index (χ2v) is 4.67. The van der Waals surface area contributed by atoms with Gasteiger partial charge in [-0.3, -0.25) is 24.1 Å². The first-order valence-electron chi connectivity index (χ1n) is 8.42. The van der Waals surface area contributed by atoms with Gasteiger partial charge in [-0.15, -0.1) is 0 Å². The second-order valence-electron chi connectivity index (χ2n) is 4.67. The highest BCUT2D eigenvalue weighted by Gasteiger charge is 2.00. The molecular formula is C16H39N3O11. The smallest absolute Gasteiger partial charge is 0.300 e. The third-order valence-electron chi connectivity index (χ3n) is 1.42. The molecule has 0 saturated carbocycles. The number of hydrogen-bond acceptors (Lipinski definition) is 10. The molecule has 14 nitrogen and oxygen atoms in total. The van der Waals surface area contributed by atoms with E-state index in [0.717, 1.165) is 27.7 Å². The molecule has 0 spiro atoms. The molecule has 0 aliphatic rings. The van der Waals surface area contributed by atoms with Gasteiger partial charge in [-0.05, 0) is 0 Å². The van der Waals surface area contributed by atoms with Gasteiger partial charge in [0, 0.05) is 60.4 Å². The highest BCUT2D eigenvalue weighted by molar-refractivity contribution is 5.63. The lowest BCUT2D eigenvalue weighted by molar-refractivity contribution is -0.135. The summed E-state index contributed by atoms with van der Waals surface area (Å²) in [4.78, 5) is 37.8. The van der Waals surface area contributed by atoms with Gasteiger partial charge in [0.1, 0.15) is 0 Å². The lowest BCUT2D eigenvalue weighted by Crippen LogP contribution is -2.32. The fraction of sp³-hybridized carbons (Fsp3) is 0.750. The molecule has 0 amide bonds. The fourth-order valence-corrected chi connectivity index (χ4v) is 0.760. The van der Waals surface area contributed by atoms with Crippen molar-refractivity contribution in [1.82, 2.24) is 4.90 Å². The molecule has 184 valence electrons. The van der Waals surface area contributed by atoms with Gasteiger partial charge < -0.3 is 47.2 Å². The molecule has 14 heteroatoms. The molecule has 0 radical (unpaired) electrons. The number of aliphatic hydroxyl groups excluding tert-OH is 3. The van der Waals surface area contributed by atoms with Gasteiger partial charge in [0.2, 0.25) is 0 Å². The van der Waals surface area contributed by atoms with Crippen molar-refractivity contribution in [2.45, 2.75) is 27.7 Å². The summed E-state index contributed by atoms with van der Waals surface area (Å²) in [5, 5.41) is 55.1. The zero-order chi connectivity index (χ0) is 25.5. The van der Waals surface area contributed by atoms with E-state index in [0.29, 0.717) is 32.7 Å². The minimum atomic E-state index is -0.833. The topological polar surface area (TPSA) is 265 Å². The van der Waals surface area contributed by atoms with Crippen molar-refractivity contribution in [3.8, 4) is 0 Å². The molecule has 0 aliphatic heterocycles. The number of carboxylic acids is 4. The number of hydrogen-bond donors (Lipinski definition) is 9. The zero-order valence-electron chi connectivity index (χ0n) is 18.0. The number of aliphatic hydroxyl groups is 3. The van der Waals surface area contributed by atoms with Crippen LogP contribution in [-0.4, -0.2) is 117 Å². The third-order valence-corrected chi connectivity index (χ3v) is 1.42. The van der Waals surface area contributed by atoms with Crippen LogP contribution in [0, 0.1) is 0 Å². The van der Waals surface area contributed by atoms with E-state index in [2.05, 4.69) is 0 Å². The molecule has 0 aromatic rings. The van der Waals surface area contributed by atoms with E-state index in [9.17, 15) is 0 Å². The number of carboxylic acid groups (broad SMARTS) is 4. The molecule has 30 heavy (non-hydrogen) atoms. The summed E-state index contributed by atoms with van der Waals surface area (Å²) < 4.78 is 0. The summed E-state index contributed by atoms with van der Waals surface area (Å²) in [5.41, 5.74) is 9.81. The lowest BCUT2D eigenvalue weighted by Gasteiger charge is -2.17. The van der Waals surface area contributed by atoms with Crippen molar-refractivity contribution >= 4 is 23.9 Å². The monoisotopic (exact) mass is 449 g/mol. The van der Waals surface area contributed by atoms with Crippen molar-refractivity contribution in [3.05, 3.63) is 0 Å². The maximum Gasteiger partial charge on any atom is 0.300 e. The van der Waals surface area contributed by atoms with Gasteiger partial charge in [0.25, 0.3) is 23.9 Å². The van der Waals surface area contributed by atoms with Gasteiger partial charge in [-0.1, -0.05) is 0 Å². The summed E-state index contributed by atoms with van der Waals surface area (Å²) >= 11 is 0. The highest BCUT2D eigenvalue weighted by Crippen LogP contribution is 1.84. The van der Waals surface area contributed by atoms with E-state index in [1.165, 1.54) is 0 Å². The van der Waals surface area contributed by atoms with Crippen molar-refractivity contribution in [2.75, 3.05) is 52.5 Å². The third kappa shape index (κ3) is 267. The van der Waals surface area contributed by atoms with E-state index < -0.39 is 23.9 Å². The molecule has 0 aromatic carbocycles. The van der Waals surface area contributed by atoms with Crippen LogP contribution >= 0.6 is 0 Å². The Morgan fingerprint density at radius 2 is 0.700 bits per heavy atom. The molecule has 11 N–H and O–H groups in total. The molecular weight excluding hydrogens is 410 g/mol. The Labute approximate surface area is 176 Å². The minimum Gasteiger partial charge on any atom is -0.481 e. The second kappa shape index (κ2) is 41.1. The fourth-order valence-electron chi connectivity index (χ4n) is 0.760. The Morgan fingerprint density at radius 3 is 0.767 bits per heavy atom. The maximum absolute atomic E-state index is 9.00. The Hall–Kier alpha value is -2.36. The highest BCUT2D eigenvalue weighted by atomic mass is 16.4. The van der Waals surface area contributed by atoms with Gasteiger partial charge in [-0.25, -0.2) is 0 Å². The molecule has 0 atom stereocenters. The summed E-state index contributed by atoms with van der Waals surface area (Å²) in [6.45, 7) is 7.28. The number of rotatable bonds is 7. The predicted octanol–water partition coefficient (Wildman–Crippen LogP) is -2.47. The summed E-state index contributed by atoms with van der Waals surface area (Å²) in [6.07, 6.45) is 0. The van der Waals surface area contributed by atoms with E-state index in [1.807, 2.05) is 0 Å². The van der Waals surface area contributed by atoms with Gasteiger partial charge >= 0.3 is 0 Å².